The van der Waals surface area contributed by atoms with Crippen LogP contribution in [-0.2, 0) is 5.60 Å². The van der Waals surface area contributed by atoms with Crippen LogP contribution in [-0.4, -0.2) is 11.1 Å². The summed E-state index contributed by atoms with van der Waals surface area (Å²) in [7, 11) is 0. The summed E-state index contributed by atoms with van der Waals surface area (Å²) in [6, 6.07) is 8.07. The Morgan fingerprint density at radius 1 is 1.44 bits per heavy atom. The van der Waals surface area contributed by atoms with Crippen molar-refractivity contribution in [2.24, 2.45) is 5.73 Å². The third kappa shape index (κ3) is 1.84. The molecule has 0 aliphatic heterocycles. The molecule has 0 spiro atoms. The van der Waals surface area contributed by atoms with Crippen LogP contribution in [0.15, 0.2) is 28.7 Å². The van der Waals surface area contributed by atoms with Gasteiger partial charge in [-0.2, -0.15) is 0 Å². The van der Waals surface area contributed by atoms with Crippen LogP contribution in [0.4, 0.5) is 0 Å². The highest BCUT2D eigenvalue weighted by molar-refractivity contribution is 5.81. The van der Waals surface area contributed by atoms with Gasteiger partial charge in [-0.15, -0.1) is 0 Å². The molecular weight excluding hydrogens is 226 g/mol. The Morgan fingerprint density at radius 2 is 2.28 bits per heavy atom. The van der Waals surface area contributed by atoms with Gasteiger partial charge in [0.2, 0.25) is 0 Å². The minimum absolute atomic E-state index is 0.0676. The van der Waals surface area contributed by atoms with Crippen molar-refractivity contribution < 1.29 is 9.52 Å². The molecule has 1 aromatic heterocycles. The van der Waals surface area contributed by atoms with E-state index in [1.807, 2.05) is 31.2 Å². The van der Waals surface area contributed by atoms with E-state index in [1.54, 1.807) is 0 Å². The molecule has 2 unspecified atom stereocenters. The van der Waals surface area contributed by atoms with Crippen LogP contribution < -0.4 is 5.73 Å². The lowest BCUT2D eigenvalue weighted by Gasteiger charge is -2.33. The van der Waals surface area contributed by atoms with Crippen LogP contribution in [0.2, 0.25) is 0 Å². The number of aryl methyl sites for hydroxylation is 1. The van der Waals surface area contributed by atoms with E-state index in [0.29, 0.717) is 12.2 Å². The fourth-order valence-corrected chi connectivity index (χ4v) is 2.96. The zero-order valence-electron chi connectivity index (χ0n) is 10.6. The maximum Gasteiger partial charge on any atom is 0.137 e. The van der Waals surface area contributed by atoms with Crippen LogP contribution >= 0.6 is 0 Å². The third-order valence-electron chi connectivity index (χ3n) is 3.96. The molecule has 1 aliphatic rings. The molecule has 0 radical (unpaired) electrons. The van der Waals surface area contributed by atoms with Gasteiger partial charge in [0, 0.05) is 11.4 Å². The monoisotopic (exact) mass is 245 g/mol. The molecule has 3 rings (SSSR count). The van der Waals surface area contributed by atoms with E-state index < -0.39 is 5.60 Å². The summed E-state index contributed by atoms with van der Waals surface area (Å²) in [6.07, 6.45) is 3.26. The van der Waals surface area contributed by atoms with Crippen LogP contribution in [0, 0.1) is 6.92 Å². The maximum atomic E-state index is 10.7. The molecule has 18 heavy (non-hydrogen) atoms. The summed E-state index contributed by atoms with van der Waals surface area (Å²) in [4.78, 5) is 0. The Morgan fingerprint density at radius 3 is 3.00 bits per heavy atom. The summed E-state index contributed by atoms with van der Waals surface area (Å²) in [6.45, 7) is 2.02. The minimum Gasteiger partial charge on any atom is -0.458 e. The van der Waals surface area contributed by atoms with E-state index in [4.69, 9.17) is 10.2 Å². The van der Waals surface area contributed by atoms with Gasteiger partial charge in [-0.25, -0.2) is 0 Å². The summed E-state index contributed by atoms with van der Waals surface area (Å²) < 4.78 is 5.88. The molecule has 96 valence electrons. The molecule has 3 heteroatoms. The second-order valence-electron chi connectivity index (χ2n) is 5.49. The summed E-state index contributed by atoms with van der Waals surface area (Å²) in [5.41, 5.74) is 7.06. The molecule has 2 aromatic rings. The summed E-state index contributed by atoms with van der Waals surface area (Å²) >= 11 is 0. The Hall–Kier alpha value is -1.32. The minimum atomic E-state index is -0.886. The first-order chi connectivity index (χ1) is 8.58. The van der Waals surface area contributed by atoms with Crippen molar-refractivity contribution in [3.63, 3.8) is 0 Å². The van der Waals surface area contributed by atoms with Crippen molar-refractivity contribution in [1.29, 1.82) is 0 Å². The number of benzene rings is 1. The first-order valence-electron chi connectivity index (χ1n) is 6.56. The second-order valence-corrected chi connectivity index (χ2v) is 5.49. The fraction of sp³-hybridized carbons (Fsp3) is 0.467. The Kier molecular flexibility index (Phi) is 2.68. The van der Waals surface area contributed by atoms with E-state index in [2.05, 4.69) is 0 Å². The molecule has 1 heterocycles. The van der Waals surface area contributed by atoms with Crippen LogP contribution in [0.5, 0.6) is 0 Å². The van der Waals surface area contributed by atoms with Crippen LogP contribution in [0.3, 0.4) is 0 Å². The lowest BCUT2D eigenvalue weighted by atomic mass is 9.80. The van der Waals surface area contributed by atoms with E-state index in [9.17, 15) is 5.11 Å². The average molecular weight is 245 g/mol. The zero-order valence-corrected chi connectivity index (χ0v) is 10.6. The highest BCUT2D eigenvalue weighted by atomic mass is 16.4. The van der Waals surface area contributed by atoms with Crippen LogP contribution in [0.25, 0.3) is 11.0 Å². The SMILES string of the molecule is Cc1cccc2cc(C3(O)CCCC(N)C3)oc12. The number of rotatable bonds is 1. The largest absolute Gasteiger partial charge is 0.458 e. The van der Waals surface area contributed by atoms with Crippen molar-refractivity contribution in [1.82, 2.24) is 0 Å². The van der Waals surface area contributed by atoms with Gasteiger partial charge in [-0.1, -0.05) is 18.2 Å². The standard InChI is InChI=1S/C15H19NO2/c1-10-4-2-5-11-8-13(18-14(10)11)15(17)7-3-6-12(16)9-15/h2,4-5,8,12,17H,3,6-7,9,16H2,1H3. The predicted molar refractivity (Wildman–Crippen MR) is 71.3 cm³/mol. The highest BCUT2D eigenvalue weighted by Crippen LogP contribution is 2.39. The molecule has 0 saturated heterocycles. The van der Waals surface area contributed by atoms with Gasteiger partial charge >= 0.3 is 0 Å². The molecule has 0 amide bonds. The number of aliphatic hydroxyl groups is 1. The molecule has 1 saturated carbocycles. The van der Waals surface area contributed by atoms with Crippen molar-refractivity contribution in [2.75, 3.05) is 0 Å². The molecule has 3 N–H and O–H groups in total. The maximum absolute atomic E-state index is 10.7. The van der Waals surface area contributed by atoms with Gasteiger partial charge in [0.15, 0.2) is 0 Å². The molecule has 0 bridgehead atoms. The third-order valence-corrected chi connectivity index (χ3v) is 3.96. The Labute approximate surface area is 107 Å². The fourth-order valence-electron chi connectivity index (χ4n) is 2.96. The van der Waals surface area contributed by atoms with E-state index in [0.717, 1.165) is 35.8 Å². The molecular formula is C15H19NO2. The van der Waals surface area contributed by atoms with Gasteiger partial charge < -0.3 is 15.3 Å². The molecule has 1 aliphatic carbocycles. The Bertz CT molecular complexity index is 575. The number of nitrogens with two attached hydrogens (primary N) is 1. The number of para-hydroxylation sites is 1. The second kappa shape index (κ2) is 4.11. The lowest BCUT2D eigenvalue weighted by Crippen LogP contribution is -2.38. The van der Waals surface area contributed by atoms with Crippen molar-refractivity contribution in [2.45, 2.75) is 44.2 Å². The zero-order chi connectivity index (χ0) is 12.8. The van der Waals surface area contributed by atoms with Gasteiger partial charge in [-0.05, 0) is 44.2 Å². The topological polar surface area (TPSA) is 59.4 Å². The summed E-state index contributed by atoms with van der Waals surface area (Å²) in [5, 5.41) is 11.8. The smallest absolute Gasteiger partial charge is 0.137 e. The lowest BCUT2D eigenvalue weighted by molar-refractivity contribution is -0.0246. The summed E-state index contributed by atoms with van der Waals surface area (Å²) in [5.74, 6) is 0.668. The average Bonchev–Trinajstić information content (AvgIpc) is 2.75. The molecule has 1 aromatic carbocycles. The molecule has 1 fully saturated rings. The van der Waals surface area contributed by atoms with E-state index >= 15 is 0 Å². The number of furan rings is 1. The molecule has 3 nitrogen and oxygen atoms in total. The van der Waals surface area contributed by atoms with Gasteiger partial charge in [0.05, 0.1) is 0 Å². The van der Waals surface area contributed by atoms with Gasteiger partial charge in [0.1, 0.15) is 16.9 Å². The number of fused-ring (bicyclic) bond motifs is 1. The first-order valence-corrected chi connectivity index (χ1v) is 6.56. The van der Waals surface area contributed by atoms with Crippen LogP contribution in [0.1, 0.15) is 37.0 Å². The van der Waals surface area contributed by atoms with Crippen molar-refractivity contribution in [3.8, 4) is 0 Å². The molecule has 2 atom stereocenters. The number of hydrogen-bond donors (Lipinski definition) is 2. The van der Waals surface area contributed by atoms with Crippen molar-refractivity contribution in [3.05, 3.63) is 35.6 Å². The predicted octanol–water partition coefficient (Wildman–Crippen LogP) is 2.83. The normalized spacial score (nSPS) is 28.7. The highest BCUT2D eigenvalue weighted by Gasteiger charge is 2.37. The number of hydrogen-bond acceptors (Lipinski definition) is 3. The first kappa shape index (κ1) is 11.8. The van der Waals surface area contributed by atoms with E-state index in [-0.39, 0.29) is 6.04 Å². The quantitative estimate of drug-likeness (QED) is 0.812. The van der Waals surface area contributed by atoms with Crippen molar-refractivity contribution >= 4 is 11.0 Å². The van der Waals surface area contributed by atoms with Gasteiger partial charge in [0.25, 0.3) is 0 Å². The Balaban J connectivity index is 2.06. The van der Waals surface area contributed by atoms with Gasteiger partial charge in [-0.3, -0.25) is 0 Å². The van der Waals surface area contributed by atoms with E-state index in [1.165, 1.54) is 0 Å².